The molecule has 0 fully saturated rings. The summed E-state index contributed by atoms with van der Waals surface area (Å²) in [5, 5.41) is 9.30. The van der Waals surface area contributed by atoms with Crippen molar-refractivity contribution in [3.63, 3.8) is 0 Å². The van der Waals surface area contributed by atoms with E-state index in [0.29, 0.717) is 46.9 Å². The number of halogens is 4. The number of aryl methyl sites for hydroxylation is 2. The van der Waals surface area contributed by atoms with E-state index >= 15 is 4.39 Å². The molecule has 1 aliphatic rings. The molecule has 0 saturated heterocycles. The number of ether oxygens (including phenoxy) is 1. The second-order valence-corrected chi connectivity index (χ2v) is 13.5. The largest absolute Gasteiger partial charge is 0.444 e. The summed E-state index contributed by atoms with van der Waals surface area (Å²) in [6, 6.07) is 5.83. The number of benzene rings is 2. The molecule has 0 bridgehead atoms. The second kappa shape index (κ2) is 10.7. The van der Waals surface area contributed by atoms with Crippen LogP contribution in [0.25, 0.3) is 28.1 Å². The van der Waals surface area contributed by atoms with Crippen molar-refractivity contribution < 1.29 is 18.3 Å². The van der Waals surface area contributed by atoms with Crippen molar-refractivity contribution in [1.82, 2.24) is 33.6 Å². The van der Waals surface area contributed by atoms with E-state index in [1.54, 1.807) is 79.5 Å². The fraction of sp³-hybridized carbons (Fsp3) is 0.333. The van der Waals surface area contributed by atoms with Gasteiger partial charge in [-0.05, 0) is 90.7 Å². The molecule has 4 heterocycles. The van der Waals surface area contributed by atoms with Gasteiger partial charge in [0.2, 0.25) is 0 Å². The molecule has 2 aromatic carbocycles. The molecule has 0 saturated carbocycles. The van der Waals surface area contributed by atoms with Gasteiger partial charge in [-0.25, -0.2) is 27.6 Å². The lowest BCUT2D eigenvalue weighted by molar-refractivity contribution is 0.0159. The van der Waals surface area contributed by atoms with Gasteiger partial charge in [-0.3, -0.25) is 9.25 Å². The number of fused-ring (bicyclic) bond motifs is 2. The van der Waals surface area contributed by atoms with Crippen LogP contribution in [-0.2, 0) is 18.2 Å². The molecule has 0 N–H and O–H groups in total. The Morgan fingerprint density at radius 3 is 2.45 bits per heavy atom. The number of amides is 1. The standard InChI is InChI=1S/C30H29Br2F2N7O3/c1-15-14-39(23-8-7-22-18(25(23)33)13-35-37(22)6)28(42)40(15)27-24-16(2)38(29(43)44-30(3,4)5)10-9-21(24)36-41(27)17-11-19(31)26(34)20(32)12-17/h7-8,11-14,16H,9-10H2,1-6H3/t16-/m0/s1. The average molecular weight is 733 g/mol. The van der Waals surface area contributed by atoms with Gasteiger partial charge in [0.25, 0.3) is 0 Å². The predicted octanol–water partition coefficient (Wildman–Crippen LogP) is 6.67. The number of imidazole rings is 1. The first-order valence-electron chi connectivity index (χ1n) is 13.9. The van der Waals surface area contributed by atoms with Crippen LogP contribution in [0.3, 0.4) is 0 Å². The number of nitrogens with zero attached hydrogens (tertiary/aromatic N) is 7. The summed E-state index contributed by atoms with van der Waals surface area (Å²) >= 11 is 6.54. The van der Waals surface area contributed by atoms with Crippen molar-refractivity contribution in [2.45, 2.75) is 52.7 Å². The zero-order valence-electron chi connectivity index (χ0n) is 24.8. The minimum atomic E-state index is -0.707. The maximum absolute atomic E-state index is 15.8. The van der Waals surface area contributed by atoms with Gasteiger partial charge in [0.15, 0.2) is 11.6 Å². The molecule has 44 heavy (non-hydrogen) atoms. The summed E-state index contributed by atoms with van der Waals surface area (Å²) in [4.78, 5) is 29.1. The minimum Gasteiger partial charge on any atom is -0.444 e. The highest BCUT2D eigenvalue weighted by molar-refractivity contribution is 9.11. The van der Waals surface area contributed by atoms with Crippen LogP contribution in [0.5, 0.6) is 0 Å². The molecule has 1 atom stereocenters. The smallest absolute Gasteiger partial charge is 0.410 e. The third-order valence-corrected chi connectivity index (χ3v) is 8.83. The SMILES string of the molecule is Cc1cn(-c2ccc3c(cnn3C)c2F)c(=O)n1-c1c2c(nn1-c1cc(Br)c(F)c(Br)c1)CCN(C(=O)OC(C)(C)C)[C@H]2C. The van der Waals surface area contributed by atoms with Gasteiger partial charge < -0.3 is 9.64 Å². The molecule has 0 radical (unpaired) electrons. The van der Waals surface area contributed by atoms with Crippen molar-refractivity contribution in [2.75, 3.05) is 6.54 Å². The molecule has 14 heteroatoms. The lowest BCUT2D eigenvalue weighted by Crippen LogP contribution is -2.42. The first-order valence-corrected chi connectivity index (χ1v) is 15.4. The normalized spacial score (nSPS) is 15.2. The summed E-state index contributed by atoms with van der Waals surface area (Å²) in [7, 11) is 1.71. The molecule has 1 aliphatic heterocycles. The van der Waals surface area contributed by atoms with E-state index in [1.807, 2.05) is 6.92 Å². The number of carbonyl (C=O) groups is 1. The van der Waals surface area contributed by atoms with Gasteiger partial charge in [0, 0.05) is 37.5 Å². The zero-order valence-corrected chi connectivity index (χ0v) is 28.0. The van der Waals surface area contributed by atoms with Crippen LogP contribution in [0.2, 0.25) is 0 Å². The molecule has 0 unspecified atom stereocenters. The third kappa shape index (κ3) is 4.87. The summed E-state index contributed by atoms with van der Waals surface area (Å²) in [6.45, 7) is 9.32. The monoisotopic (exact) mass is 731 g/mol. The highest BCUT2D eigenvalue weighted by Crippen LogP contribution is 2.38. The fourth-order valence-corrected chi connectivity index (χ4v) is 6.80. The lowest BCUT2D eigenvalue weighted by atomic mass is 9.99. The van der Waals surface area contributed by atoms with Crippen molar-refractivity contribution >= 4 is 48.9 Å². The fourth-order valence-electron chi connectivity index (χ4n) is 5.64. The number of aromatic nitrogens is 6. The van der Waals surface area contributed by atoms with Crippen LogP contribution < -0.4 is 5.69 Å². The first kappa shape index (κ1) is 30.3. The molecule has 0 spiro atoms. The first-order chi connectivity index (χ1) is 20.7. The molecule has 5 aromatic rings. The van der Waals surface area contributed by atoms with Crippen LogP contribution in [0.1, 0.15) is 50.7 Å². The number of hydrogen-bond acceptors (Lipinski definition) is 5. The lowest BCUT2D eigenvalue weighted by Gasteiger charge is -2.35. The molecule has 10 nitrogen and oxygen atoms in total. The van der Waals surface area contributed by atoms with E-state index in [2.05, 4.69) is 37.0 Å². The summed E-state index contributed by atoms with van der Waals surface area (Å²) in [5.74, 6) is -0.714. The van der Waals surface area contributed by atoms with E-state index in [1.165, 1.54) is 15.3 Å². The van der Waals surface area contributed by atoms with Crippen LogP contribution in [0.15, 0.2) is 50.4 Å². The zero-order chi connectivity index (χ0) is 31.8. The van der Waals surface area contributed by atoms with E-state index in [9.17, 15) is 14.0 Å². The maximum atomic E-state index is 15.8. The Kier molecular flexibility index (Phi) is 7.35. The molecular formula is C30H29Br2F2N7O3. The van der Waals surface area contributed by atoms with Crippen molar-refractivity contribution in [3.05, 3.63) is 84.7 Å². The van der Waals surface area contributed by atoms with Crippen LogP contribution in [0.4, 0.5) is 13.6 Å². The topological polar surface area (TPSA) is 92.1 Å². The van der Waals surface area contributed by atoms with Crippen LogP contribution in [0, 0.1) is 18.6 Å². The Bertz CT molecular complexity index is 2010. The minimum absolute atomic E-state index is 0.0629. The Labute approximate surface area is 268 Å². The predicted molar refractivity (Wildman–Crippen MR) is 168 cm³/mol. The van der Waals surface area contributed by atoms with Gasteiger partial charge in [-0.2, -0.15) is 10.2 Å². The van der Waals surface area contributed by atoms with Crippen molar-refractivity contribution in [1.29, 1.82) is 0 Å². The third-order valence-electron chi connectivity index (χ3n) is 7.67. The summed E-state index contributed by atoms with van der Waals surface area (Å²) in [5.41, 5.74) is 1.66. The Morgan fingerprint density at radius 2 is 1.80 bits per heavy atom. The highest BCUT2D eigenvalue weighted by Gasteiger charge is 2.37. The van der Waals surface area contributed by atoms with Crippen LogP contribution in [-0.4, -0.2) is 51.8 Å². The number of rotatable bonds is 3. The van der Waals surface area contributed by atoms with E-state index in [0.717, 1.165) is 0 Å². The van der Waals surface area contributed by atoms with Gasteiger partial charge in [0.1, 0.15) is 11.4 Å². The van der Waals surface area contributed by atoms with Gasteiger partial charge >= 0.3 is 11.8 Å². The number of carbonyl (C=O) groups excluding carboxylic acids is 1. The van der Waals surface area contributed by atoms with E-state index in [-0.39, 0.29) is 20.0 Å². The van der Waals surface area contributed by atoms with E-state index in [4.69, 9.17) is 9.84 Å². The quantitative estimate of drug-likeness (QED) is 0.194. The van der Waals surface area contributed by atoms with Crippen molar-refractivity contribution in [3.8, 4) is 17.2 Å². The Morgan fingerprint density at radius 1 is 1.11 bits per heavy atom. The summed E-state index contributed by atoms with van der Waals surface area (Å²) < 4.78 is 42.3. The molecule has 1 amide bonds. The molecular weight excluding hydrogens is 704 g/mol. The Balaban J connectivity index is 1.59. The second-order valence-electron chi connectivity index (χ2n) is 11.8. The van der Waals surface area contributed by atoms with Gasteiger partial charge in [-0.15, -0.1) is 0 Å². The maximum Gasteiger partial charge on any atom is 0.410 e. The van der Waals surface area contributed by atoms with Crippen molar-refractivity contribution in [2.24, 2.45) is 7.05 Å². The molecule has 230 valence electrons. The molecule has 3 aromatic heterocycles. The van der Waals surface area contributed by atoms with E-state index < -0.39 is 35.1 Å². The van der Waals surface area contributed by atoms with Gasteiger partial charge in [0.05, 0.1) is 49.2 Å². The molecule has 6 rings (SSSR count). The summed E-state index contributed by atoms with van der Waals surface area (Å²) in [6.07, 6.45) is 2.88. The Hall–Kier alpha value is -3.78. The van der Waals surface area contributed by atoms with Crippen LogP contribution >= 0.6 is 31.9 Å². The van der Waals surface area contributed by atoms with Gasteiger partial charge in [-0.1, -0.05) is 0 Å². The highest BCUT2D eigenvalue weighted by atomic mass is 79.9. The average Bonchev–Trinajstić information content (AvgIpc) is 3.59. The number of hydrogen-bond donors (Lipinski definition) is 0. The molecule has 0 aliphatic carbocycles.